The predicted molar refractivity (Wildman–Crippen MR) is 106 cm³/mol. The Hall–Kier alpha value is 0.0900. The molecule has 0 aliphatic heterocycles. The Morgan fingerprint density at radius 3 is 1.92 bits per heavy atom. The molecule has 144 valence electrons. The first-order valence-corrected chi connectivity index (χ1v) is 11.3. The third kappa shape index (κ3) is 10.2. The van der Waals surface area contributed by atoms with Crippen LogP contribution in [0.1, 0.15) is 54.4 Å². The highest BCUT2D eigenvalue weighted by atomic mass is 32.2. The van der Waals surface area contributed by atoms with Gasteiger partial charge in [-0.1, -0.05) is 20.8 Å². The molecule has 0 fully saturated rings. The van der Waals surface area contributed by atoms with Crippen LogP contribution in [0, 0.1) is 5.41 Å². The molecule has 0 aliphatic carbocycles. The standard InChI is InChI=1S/C18H36O4S2/c1-17(2,3)15(19)13(9-11-23-7)21-16(20)14(10-12-24-8)22-18(4,5)6/h13-15,19H,9-12H2,1-8H3. The lowest BCUT2D eigenvalue weighted by atomic mass is 9.85. The van der Waals surface area contributed by atoms with Crippen molar-refractivity contribution in [3.63, 3.8) is 0 Å². The highest BCUT2D eigenvalue weighted by Crippen LogP contribution is 2.27. The van der Waals surface area contributed by atoms with Gasteiger partial charge in [-0.25, -0.2) is 4.79 Å². The molecule has 0 aromatic rings. The van der Waals surface area contributed by atoms with Crippen LogP contribution in [0.4, 0.5) is 0 Å². The largest absolute Gasteiger partial charge is 0.458 e. The van der Waals surface area contributed by atoms with E-state index in [0.29, 0.717) is 12.8 Å². The number of ether oxygens (including phenoxy) is 2. The van der Waals surface area contributed by atoms with Gasteiger partial charge in [0.25, 0.3) is 0 Å². The number of thioether (sulfide) groups is 2. The van der Waals surface area contributed by atoms with Crippen LogP contribution in [0.2, 0.25) is 0 Å². The van der Waals surface area contributed by atoms with Gasteiger partial charge in [0.15, 0.2) is 6.10 Å². The van der Waals surface area contributed by atoms with E-state index in [9.17, 15) is 9.90 Å². The number of hydrogen-bond acceptors (Lipinski definition) is 6. The van der Waals surface area contributed by atoms with Crippen LogP contribution in [-0.2, 0) is 14.3 Å². The third-order valence-corrected chi connectivity index (χ3v) is 4.74. The van der Waals surface area contributed by atoms with Crippen LogP contribution in [0.5, 0.6) is 0 Å². The van der Waals surface area contributed by atoms with E-state index in [1.165, 1.54) is 0 Å². The zero-order valence-corrected chi connectivity index (χ0v) is 18.2. The number of carbonyl (C=O) groups is 1. The molecule has 0 rings (SSSR count). The molecule has 0 spiro atoms. The molecule has 4 nitrogen and oxygen atoms in total. The van der Waals surface area contributed by atoms with Crippen LogP contribution < -0.4 is 0 Å². The molecular formula is C18H36O4S2. The SMILES string of the molecule is CSCCC(OC(C)(C)C)C(=O)OC(CCSC)C(O)C(C)(C)C. The minimum atomic E-state index is -0.704. The average Bonchev–Trinajstić information content (AvgIpc) is 2.44. The van der Waals surface area contributed by atoms with Crippen LogP contribution >= 0.6 is 23.5 Å². The van der Waals surface area contributed by atoms with E-state index in [4.69, 9.17) is 9.47 Å². The van der Waals surface area contributed by atoms with Gasteiger partial charge in [0.2, 0.25) is 0 Å². The van der Waals surface area contributed by atoms with Crippen molar-refractivity contribution in [3.05, 3.63) is 0 Å². The second-order valence-electron chi connectivity index (χ2n) is 8.07. The maximum absolute atomic E-state index is 12.7. The zero-order valence-electron chi connectivity index (χ0n) is 16.5. The smallest absolute Gasteiger partial charge is 0.335 e. The molecule has 0 radical (unpaired) electrons. The Morgan fingerprint density at radius 1 is 1.00 bits per heavy atom. The van der Waals surface area contributed by atoms with Gasteiger partial charge in [-0.3, -0.25) is 0 Å². The number of aliphatic hydroxyl groups is 1. The Labute approximate surface area is 156 Å². The fourth-order valence-corrected chi connectivity index (χ4v) is 3.09. The summed E-state index contributed by atoms with van der Waals surface area (Å²) >= 11 is 3.36. The van der Waals surface area contributed by atoms with E-state index >= 15 is 0 Å². The van der Waals surface area contributed by atoms with Gasteiger partial charge < -0.3 is 14.6 Å². The molecule has 1 N–H and O–H groups in total. The number of rotatable bonds is 10. The Kier molecular flexibility index (Phi) is 11.0. The molecule has 3 atom stereocenters. The maximum atomic E-state index is 12.7. The highest BCUT2D eigenvalue weighted by molar-refractivity contribution is 7.98. The fourth-order valence-electron chi connectivity index (χ4n) is 2.17. The molecule has 3 unspecified atom stereocenters. The van der Waals surface area contributed by atoms with E-state index in [-0.39, 0.29) is 11.4 Å². The molecule has 0 saturated heterocycles. The first-order valence-electron chi connectivity index (χ1n) is 8.46. The monoisotopic (exact) mass is 380 g/mol. The lowest BCUT2D eigenvalue weighted by Gasteiger charge is -2.34. The Balaban J connectivity index is 5.06. The second kappa shape index (κ2) is 10.9. The van der Waals surface area contributed by atoms with Crippen LogP contribution in [0.25, 0.3) is 0 Å². The van der Waals surface area contributed by atoms with Crippen LogP contribution in [-0.4, -0.2) is 59.0 Å². The van der Waals surface area contributed by atoms with Gasteiger partial charge in [-0.15, -0.1) is 0 Å². The second-order valence-corrected chi connectivity index (χ2v) is 10.0. The Morgan fingerprint density at radius 2 is 1.50 bits per heavy atom. The summed E-state index contributed by atoms with van der Waals surface area (Å²) in [6, 6.07) is 0. The first kappa shape index (κ1) is 24.1. The maximum Gasteiger partial charge on any atom is 0.335 e. The summed E-state index contributed by atoms with van der Waals surface area (Å²) in [7, 11) is 0. The van der Waals surface area contributed by atoms with Gasteiger partial charge in [-0.05, 0) is 63.0 Å². The summed E-state index contributed by atoms with van der Waals surface area (Å²) in [5, 5.41) is 10.6. The van der Waals surface area contributed by atoms with Crippen LogP contribution in [0.3, 0.4) is 0 Å². The third-order valence-electron chi connectivity index (χ3n) is 3.46. The van der Waals surface area contributed by atoms with Gasteiger partial charge in [0.1, 0.15) is 6.10 Å². The highest BCUT2D eigenvalue weighted by Gasteiger charge is 2.35. The number of carbonyl (C=O) groups excluding carboxylic acids is 1. The topological polar surface area (TPSA) is 55.8 Å². The zero-order chi connectivity index (χ0) is 19.0. The molecule has 24 heavy (non-hydrogen) atoms. The molecule has 0 aromatic heterocycles. The molecule has 6 heteroatoms. The van der Waals surface area contributed by atoms with E-state index in [1.54, 1.807) is 23.5 Å². The number of esters is 1. The van der Waals surface area contributed by atoms with Gasteiger partial charge in [0, 0.05) is 0 Å². The minimum Gasteiger partial charge on any atom is -0.458 e. The lowest BCUT2D eigenvalue weighted by molar-refractivity contribution is -0.180. The molecule has 0 aromatic carbocycles. The molecular weight excluding hydrogens is 344 g/mol. The molecule has 0 saturated carbocycles. The number of aliphatic hydroxyl groups excluding tert-OH is 1. The minimum absolute atomic E-state index is 0.344. The van der Waals surface area contributed by atoms with Gasteiger partial charge >= 0.3 is 5.97 Å². The predicted octanol–water partition coefficient (Wildman–Crippen LogP) is 4.00. The van der Waals surface area contributed by atoms with E-state index in [1.807, 2.05) is 54.1 Å². The van der Waals surface area contributed by atoms with E-state index in [0.717, 1.165) is 11.5 Å². The van der Waals surface area contributed by atoms with Gasteiger partial charge in [-0.2, -0.15) is 23.5 Å². The fraction of sp³-hybridized carbons (Fsp3) is 0.944. The number of hydrogen-bond donors (Lipinski definition) is 1. The summed E-state index contributed by atoms with van der Waals surface area (Å²) < 4.78 is 11.6. The van der Waals surface area contributed by atoms with Crippen molar-refractivity contribution in [2.24, 2.45) is 5.41 Å². The van der Waals surface area contributed by atoms with Crippen molar-refractivity contribution in [3.8, 4) is 0 Å². The van der Waals surface area contributed by atoms with E-state index < -0.39 is 23.9 Å². The molecule has 0 bridgehead atoms. The van der Waals surface area contributed by atoms with E-state index in [2.05, 4.69) is 0 Å². The summed E-state index contributed by atoms with van der Waals surface area (Å²) in [4.78, 5) is 12.7. The molecule has 0 aliphatic rings. The lowest BCUT2D eigenvalue weighted by Crippen LogP contribution is -2.44. The van der Waals surface area contributed by atoms with Crippen LogP contribution in [0.15, 0.2) is 0 Å². The molecule has 0 amide bonds. The van der Waals surface area contributed by atoms with Crippen molar-refractivity contribution in [1.29, 1.82) is 0 Å². The van der Waals surface area contributed by atoms with Crippen molar-refractivity contribution in [2.45, 2.75) is 78.3 Å². The van der Waals surface area contributed by atoms with Crippen molar-refractivity contribution < 1.29 is 19.4 Å². The van der Waals surface area contributed by atoms with Crippen molar-refractivity contribution in [2.75, 3.05) is 24.0 Å². The normalized spacial score (nSPS) is 16.5. The summed E-state index contributed by atoms with van der Waals surface area (Å²) in [6.45, 7) is 11.7. The van der Waals surface area contributed by atoms with Crippen molar-refractivity contribution in [1.82, 2.24) is 0 Å². The average molecular weight is 381 g/mol. The summed E-state index contributed by atoms with van der Waals surface area (Å²) in [5.74, 6) is 1.29. The summed E-state index contributed by atoms with van der Waals surface area (Å²) in [6.07, 6.45) is 3.45. The molecule has 0 heterocycles. The quantitative estimate of drug-likeness (QED) is 0.578. The van der Waals surface area contributed by atoms with Crippen molar-refractivity contribution >= 4 is 29.5 Å². The first-order chi connectivity index (χ1) is 10.9. The van der Waals surface area contributed by atoms with Gasteiger partial charge in [0.05, 0.1) is 11.7 Å². The summed E-state index contributed by atoms with van der Waals surface area (Å²) in [5.41, 5.74) is -0.761. The Bertz CT molecular complexity index is 361.